The average molecular weight is 252 g/mol. The molecule has 104 valence electrons. The fourth-order valence-corrected chi connectivity index (χ4v) is 3.39. The van der Waals surface area contributed by atoms with E-state index in [-0.39, 0.29) is 0 Å². The third-order valence-corrected chi connectivity index (χ3v) is 4.86. The minimum absolute atomic E-state index is 0.293. The van der Waals surface area contributed by atoms with E-state index in [0.29, 0.717) is 17.7 Å². The summed E-state index contributed by atoms with van der Waals surface area (Å²) in [7, 11) is 0. The number of rotatable bonds is 2. The number of amides is 1. The quantitative estimate of drug-likeness (QED) is 0.820. The van der Waals surface area contributed by atoms with Gasteiger partial charge in [0.2, 0.25) is 5.91 Å². The molecule has 1 saturated heterocycles. The van der Waals surface area contributed by atoms with Crippen molar-refractivity contribution < 1.29 is 4.79 Å². The maximum absolute atomic E-state index is 12.5. The largest absolute Gasteiger partial charge is 0.342 e. The Hall–Kier alpha value is -0.570. The van der Waals surface area contributed by atoms with E-state index in [1.807, 2.05) is 0 Å². The minimum atomic E-state index is 0.293. The minimum Gasteiger partial charge on any atom is -0.342 e. The van der Waals surface area contributed by atoms with Crippen molar-refractivity contribution in [2.24, 2.45) is 23.5 Å². The lowest BCUT2D eigenvalue weighted by atomic mass is 9.81. The van der Waals surface area contributed by atoms with Gasteiger partial charge in [0.05, 0.1) is 0 Å². The van der Waals surface area contributed by atoms with Gasteiger partial charge in [0, 0.05) is 19.0 Å². The van der Waals surface area contributed by atoms with Crippen LogP contribution < -0.4 is 5.73 Å². The van der Waals surface area contributed by atoms with Crippen LogP contribution in [-0.4, -0.2) is 30.4 Å². The molecule has 1 saturated carbocycles. The molecule has 3 heteroatoms. The Labute approximate surface area is 111 Å². The van der Waals surface area contributed by atoms with Crippen LogP contribution in [0.25, 0.3) is 0 Å². The van der Waals surface area contributed by atoms with Crippen molar-refractivity contribution in [3.8, 4) is 0 Å². The zero-order valence-electron chi connectivity index (χ0n) is 11.7. The zero-order chi connectivity index (χ0) is 13.0. The summed E-state index contributed by atoms with van der Waals surface area (Å²) >= 11 is 0. The van der Waals surface area contributed by atoms with Crippen LogP contribution in [0.4, 0.5) is 0 Å². The summed E-state index contributed by atoms with van der Waals surface area (Å²) in [5, 5.41) is 0. The lowest BCUT2D eigenvalue weighted by molar-refractivity contribution is -0.136. The SMILES string of the molecule is CC1CCCN(C(=O)C2CCC(CN)CC2)CC1. The highest BCUT2D eigenvalue weighted by molar-refractivity contribution is 5.79. The van der Waals surface area contributed by atoms with Crippen LogP contribution in [0.15, 0.2) is 0 Å². The highest BCUT2D eigenvalue weighted by atomic mass is 16.2. The molecule has 0 spiro atoms. The van der Waals surface area contributed by atoms with Crippen molar-refractivity contribution in [1.82, 2.24) is 4.90 Å². The summed E-state index contributed by atoms with van der Waals surface area (Å²) in [5.74, 6) is 2.18. The van der Waals surface area contributed by atoms with E-state index in [1.165, 1.54) is 19.3 Å². The number of nitrogens with zero attached hydrogens (tertiary/aromatic N) is 1. The van der Waals surface area contributed by atoms with E-state index in [0.717, 1.165) is 51.2 Å². The first-order valence-corrected chi connectivity index (χ1v) is 7.69. The van der Waals surface area contributed by atoms with E-state index in [9.17, 15) is 4.79 Å². The molecule has 0 aromatic carbocycles. The van der Waals surface area contributed by atoms with Crippen LogP contribution in [0.5, 0.6) is 0 Å². The molecule has 1 aliphatic carbocycles. The van der Waals surface area contributed by atoms with Gasteiger partial charge in [0.15, 0.2) is 0 Å². The van der Waals surface area contributed by atoms with Crippen LogP contribution in [-0.2, 0) is 4.79 Å². The molecule has 0 aromatic rings. The summed E-state index contributed by atoms with van der Waals surface area (Å²) in [6, 6.07) is 0. The van der Waals surface area contributed by atoms with Crippen molar-refractivity contribution in [3.05, 3.63) is 0 Å². The second kappa shape index (κ2) is 6.55. The van der Waals surface area contributed by atoms with Gasteiger partial charge in [0.1, 0.15) is 0 Å². The number of carbonyl (C=O) groups is 1. The molecule has 2 aliphatic rings. The molecule has 1 amide bonds. The predicted octanol–water partition coefficient (Wildman–Crippen LogP) is 2.40. The molecule has 2 rings (SSSR count). The first-order valence-electron chi connectivity index (χ1n) is 7.69. The standard InChI is InChI=1S/C15H28N2O/c1-12-3-2-9-17(10-8-12)15(18)14-6-4-13(11-16)5-7-14/h12-14H,2-11,16H2,1H3. The lowest BCUT2D eigenvalue weighted by Crippen LogP contribution is -2.38. The van der Waals surface area contributed by atoms with Gasteiger partial charge >= 0.3 is 0 Å². The molecule has 18 heavy (non-hydrogen) atoms. The van der Waals surface area contributed by atoms with Gasteiger partial charge in [-0.05, 0) is 63.3 Å². The van der Waals surface area contributed by atoms with Crippen molar-refractivity contribution in [1.29, 1.82) is 0 Å². The van der Waals surface area contributed by atoms with E-state index < -0.39 is 0 Å². The highest BCUT2D eigenvalue weighted by Crippen LogP contribution is 2.30. The van der Waals surface area contributed by atoms with Crippen molar-refractivity contribution in [2.45, 2.75) is 51.9 Å². The van der Waals surface area contributed by atoms with E-state index in [4.69, 9.17) is 5.73 Å². The third kappa shape index (κ3) is 3.47. The van der Waals surface area contributed by atoms with Crippen molar-refractivity contribution in [3.63, 3.8) is 0 Å². The fraction of sp³-hybridized carbons (Fsp3) is 0.933. The Balaban J connectivity index is 1.83. The summed E-state index contributed by atoms with van der Waals surface area (Å²) in [6.07, 6.45) is 8.08. The number of nitrogens with two attached hydrogens (primary N) is 1. The van der Waals surface area contributed by atoms with Gasteiger partial charge < -0.3 is 10.6 Å². The highest BCUT2D eigenvalue weighted by Gasteiger charge is 2.29. The molecular formula is C15H28N2O. The second-order valence-corrected chi connectivity index (χ2v) is 6.31. The van der Waals surface area contributed by atoms with Crippen molar-refractivity contribution in [2.75, 3.05) is 19.6 Å². The molecule has 0 aromatic heterocycles. The summed E-state index contributed by atoms with van der Waals surface area (Å²) in [6.45, 7) is 5.07. The molecule has 0 bridgehead atoms. The predicted molar refractivity (Wildman–Crippen MR) is 74.1 cm³/mol. The summed E-state index contributed by atoms with van der Waals surface area (Å²) < 4.78 is 0. The first-order chi connectivity index (χ1) is 8.70. The number of hydrogen-bond donors (Lipinski definition) is 1. The number of hydrogen-bond acceptors (Lipinski definition) is 2. The molecule has 2 N–H and O–H groups in total. The number of likely N-dealkylation sites (tertiary alicyclic amines) is 1. The molecule has 1 heterocycles. The monoisotopic (exact) mass is 252 g/mol. The second-order valence-electron chi connectivity index (χ2n) is 6.31. The van der Waals surface area contributed by atoms with Crippen LogP contribution in [0.1, 0.15) is 51.9 Å². The van der Waals surface area contributed by atoms with Crippen LogP contribution in [0.3, 0.4) is 0 Å². The maximum atomic E-state index is 12.5. The Morgan fingerprint density at radius 2 is 1.83 bits per heavy atom. The Morgan fingerprint density at radius 3 is 2.50 bits per heavy atom. The molecule has 1 aliphatic heterocycles. The van der Waals surface area contributed by atoms with Gasteiger partial charge in [-0.1, -0.05) is 6.92 Å². The van der Waals surface area contributed by atoms with Gasteiger partial charge in [0.25, 0.3) is 0 Å². The Bertz CT molecular complexity index is 272. The topological polar surface area (TPSA) is 46.3 Å². The maximum Gasteiger partial charge on any atom is 0.225 e. The van der Waals surface area contributed by atoms with Gasteiger partial charge in [-0.3, -0.25) is 4.79 Å². The number of carbonyl (C=O) groups excluding carboxylic acids is 1. The van der Waals surface area contributed by atoms with E-state index in [1.54, 1.807) is 0 Å². The normalized spacial score (nSPS) is 34.1. The van der Waals surface area contributed by atoms with E-state index in [2.05, 4.69) is 11.8 Å². The fourth-order valence-electron chi connectivity index (χ4n) is 3.39. The molecule has 1 unspecified atom stereocenters. The third-order valence-electron chi connectivity index (χ3n) is 4.86. The van der Waals surface area contributed by atoms with Gasteiger partial charge in [-0.2, -0.15) is 0 Å². The summed E-state index contributed by atoms with van der Waals surface area (Å²) in [5.41, 5.74) is 5.71. The average Bonchev–Trinajstić information content (AvgIpc) is 2.63. The first kappa shape index (κ1) is 13.9. The van der Waals surface area contributed by atoms with Crippen LogP contribution in [0, 0.1) is 17.8 Å². The van der Waals surface area contributed by atoms with Gasteiger partial charge in [-0.15, -0.1) is 0 Å². The molecule has 2 fully saturated rings. The van der Waals surface area contributed by atoms with Crippen molar-refractivity contribution >= 4 is 5.91 Å². The van der Waals surface area contributed by atoms with Crippen LogP contribution >= 0.6 is 0 Å². The zero-order valence-corrected chi connectivity index (χ0v) is 11.7. The molecule has 1 atom stereocenters. The Kier molecular flexibility index (Phi) is 5.04. The summed E-state index contributed by atoms with van der Waals surface area (Å²) in [4.78, 5) is 14.6. The molecular weight excluding hydrogens is 224 g/mol. The Morgan fingerprint density at radius 1 is 1.11 bits per heavy atom. The van der Waals surface area contributed by atoms with E-state index >= 15 is 0 Å². The van der Waals surface area contributed by atoms with Gasteiger partial charge in [-0.25, -0.2) is 0 Å². The van der Waals surface area contributed by atoms with Crippen LogP contribution in [0.2, 0.25) is 0 Å². The molecule has 3 nitrogen and oxygen atoms in total. The lowest BCUT2D eigenvalue weighted by Gasteiger charge is -2.31. The smallest absolute Gasteiger partial charge is 0.225 e. The molecule has 0 radical (unpaired) electrons.